The van der Waals surface area contributed by atoms with E-state index in [9.17, 15) is 4.79 Å². The molecule has 1 amide bonds. The molecule has 2 aromatic carbocycles. The third-order valence-electron chi connectivity index (χ3n) is 5.26. The molecule has 0 fully saturated rings. The average molecular weight is 437 g/mol. The van der Waals surface area contributed by atoms with Crippen molar-refractivity contribution in [2.75, 3.05) is 18.1 Å². The Labute approximate surface area is 187 Å². The Kier molecular flexibility index (Phi) is 6.56. The van der Waals surface area contributed by atoms with E-state index in [1.54, 1.807) is 18.3 Å². The van der Waals surface area contributed by atoms with Gasteiger partial charge in [-0.3, -0.25) is 4.79 Å². The Morgan fingerprint density at radius 1 is 1.23 bits per heavy atom. The van der Waals surface area contributed by atoms with Crippen molar-refractivity contribution in [2.24, 2.45) is 0 Å². The normalized spacial score (nSPS) is 15.5. The predicted molar refractivity (Wildman–Crippen MR) is 125 cm³/mol. The van der Waals surface area contributed by atoms with E-state index in [2.05, 4.69) is 12.3 Å². The number of rotatable bonds is 8. The average Bonchev–Trinajstić information content (AvgIpc) is 3.22. The van der Waals surface area contributed by atoms with Crippen molar-refractivity contribution in [3.8, 4) is 22.8 Å². The molecule has 5 nitrogen and oxygen atoms in total. The summed E-state index contributed by atoms with van der Waals surface area (Å²) in [6, 6.07) is 14.0. The lowest BCUT2D eigenvalue weighted by Crippen LogP contribution is -2.45. The van der Waals surface area contributed by atoms with Gasteiger partial charge in [-0.2, -0.15) is 0 Å². The van der Waals surface area contributed by atoms with Gasteiger partial charge >= 0.3 is 0 Å². The third kappa shape index (κ3) is 4.90. The van der Waals surface area contributed by atoms with E-state index in [1.165, 1.54) is 5.56 Å². The molecule has 1 aliphatic heterocycles. The number of hydrogen-bond donors (Lipinski definition) is 0. The number of aromatic nitrogens is 1. The lowest BCUT2D eigenvalue weighted by molar-refractivity contribution is -0.125. The molecule has 0 radical (unpaired) electrons. The second kappa shape index (κ2) is 9.52. The fraction of sp³-hybridized carbons (Fsp3) is 0.360. The van der Waals surface area contributed by atoms with Crippen LogP contribution in [-0.4, -0.2) is 30.1 Å². The van der Waals surface area contributed by atoms with Crippen LogP contribution >= 0.6 is 11.3 Å². The molecule has 1 atom stereocenters. The fourth-order valence-electron chi connectivity index (χ4n) is 3.69. The molecule has 0 bridgehead atoms. The molecule has 2 heterocycles. The van der Waals surface area contributed by atoms with Crippen LogP contribution in [0, 0.1) is 6.92 Å². The number of ether oxygens (including phenoxy) is 2. The number of carbonyl (C=O) groups is 1. The number of thiazole rings is 1. The number of aryl methyl sites for hydroxylation is 2. The van der Waals surface area contributed by atoms with Crippen molar-refractivity contribution in [1.82, 2.24) is 4.98 Å². The van der Waals surface area contributed by atoms with E-state index in [0.717, 1.165) is 52.7 Å². The van der Waals surface area contributed by atoms with Gasteiger partial charge in [-0.15, -0.1) is 11.3 Å². The first-order valence-electron chi connectivity index (χ1n) is 10.8. The number of fused-ring (bicyclic) bond motifs is 1. The maximum absolute atomic E-state index is 12.9. The zero-order chi connectivity index (χ0) is 21.8. The number of anilines is 1. The summed E-state index contributed by atoms with van der Waals surface area (Å²) in [6.45, 7) is 7.12. The molecule has 0 spiro atoms. The first kappa shape index (κ1) is 21.4. The van der Waals surface area contributed by atoms with Gasteiger partial charge in [-0.1, -0.05) is 19.1 Å². The van der Waals surface area contributed by atoms with Gasteiger partial charge in [0, 0.05) is 17.5 Å². The second-order valence-electron chi connectivity index (χ2n) is 7.83. The summed E-state index contributed by atoms with van der Waals surface area (Å²) >= 11 is 1.68. The molecule has 3 aromatic rings. The van der Waals surface area contributed by atoms with Gasteiger partial charge in [0.1, 0.15) is 11.5 Å². The highest BCUT2D eigenvalue weighted by atomic mass is 32.1. The van der Waals surface area contributed by atoms with E-state index in [0.29, 0.717) is 13.2 Å². The number of amides is 1. The van der Waals surface area contributed by atoms with Crippen LogP contribution in [0.1, 0.15) is 37.3 Å². The molecule has 1 aliphatic rings. The van der Waals surface area contributed by atoms with Gasteiger partial charge in [0.05, 0.1) is 23.0 Å². The van der Waals surface area contributed by atoms with Crippen molar-refractivity contribution in [2.45, 2.75) is 46.1 Å². The summed E-state index contributed by atoms with van der Waals surface area (Å²) in [5.74, 6) is 1.57. The zero-order valence-electron chi connectivity index (χ0n) is 18.3. The maximum Gasteiger partial charge on any atom is 0.267 e. The summed E-state index contributed by atoms with van der Waals surface area (Å²) in [5, 5.41) is 3.22. The van der Waals surface area contributed by atoms with E-state index in [-0.39, 0.29) is 5.91 Å². The van der Waals surface area contributed by atoms with Crippen LogP contribution in [0.2, 0.25) is 0 Å². The van der Waals surface area contributed by atoms with Crippen LogP contribution in [-0.2, 0) is 11.2 Å². The molecule has 0 saturated carbocycles. The van der Waals surface area contributed by atoms with Crippen LogP contribution in [0.4, 0.5) is 5.69 Å². The maximum atomic E-state index is 12.9. The highest BCUT2D eigenvalue weighted by Gasteiger charge is 2.31. The summed E-state index contributed by atoms with van der Waals surface area (Å²) < 4.78 is 11.7. The summed E-state index contributed by atoms with van der Waals surface area (Å²) in [4.78, 5) is 19.5. The lowest BCUT2D eigenvalue weighted by atomic mass is 10.1. The molecular formula is C25H28N2O3S. The number of nitrogens with zero attached hydrogens (tertiary/aromatic N) is 2. The summed E-state index contributed by atoms with van der Waals surface area (Å²) in [7, 11) is 0. The summed E-state index contributed by atoms with van der Waals surface area (Å²) in [6.07, 6.45) is 2.30. The van der Waals surface area contributed by atoms with Gasteiger partial charge in [0.15, 0.2) is 6.10 Å². The van der Waals surface area contributed by atoms with Gasteiger partial charge < -0.3 is 14.4 Å². The molecule has 162 valence electrons. The minimum Gasteiger partial charge on any atom is -0.494 e. The van der Waals surface area contributed by atoms with E-state index < -0.39 is 6.10 Å². The Morgan fingerprint density at radius 3 is 2.90 bits per heavy atom. The minimum absolute atomic E-state index is 0.0230. The monoisotopic (exact) mass is 436 g/mol. The standard InChI is InChI=1S/C25H28N2O3S/c1-4-7-24-26-21(16-31-24)19-10-11-23-22(15-19)27(25(28)18(3)30-23)12-6-13-29-20-9-5-8-17(2)14-20/h5,8-11,14-16,18H,4,6-7,12-13H2,1-3H3. The van der Waals surface area contributed by atoms with Gasteiger partial charge in [-0.05, 0) is 69.0 Å². The smallest absolute Gasteiger partial charge is 0.267 e. The molecule has 6 heteroatoms. The highest BCUT2D eigenvalue weighted by Crippen LogP contribution is 2.38. The molecule has 31 heavy (non-hydrogen) atoms. The van der Waals surface area contributed by atoms with Crippen molar-refractivity contribution < 1.29 is 14.3 Å². The van der Waals surface area contributed by atoms with E-state index >= 15 is 0 Å². The quantitative estimate of drug-likeness (QED) is 0.428. The first-order chi connectivity index (χ1) is 15.0. The Hall–Kier alpha value is -2.86. The van der Waals surface area contributed by atoms with Crippen LogP contribution < -0.4 is 14.4 Å². The molecule has 0 saturated heterocycles. The highest BCUT2D eigenvalue weighted by molar-refractivity contribution is 7.09. The van der Waals surface area contributed by atoms with Crippen molar-refractivity contribution in [3.05, 3.63) is 58.4 Å². The second-order valence-corrected chi connectivity index (χ2v) is 8.77. The lowest BCUT2D eigenvalue weighted by Gasteiger charge is -2.33. The van der Waals surface area contributed by atoms with Crippen LogP contribution in [0.25, 0.3) is 11.3 Å². The van der Waals surface area contributed by atoms with Gasteiger partial charge in [-0.25, -0.2) is 4.98 Å². The Bertz CT molecular complexity index is 1060. The third-order valence-corrected chi connectivity index (χ3v) is 6.17. The van der Waals surface area contributed by atoms with Crippen LogP contribution in [0.5, 0.6) is 11.5 Å². The van der Waals surface area contributed by atoms with Crippen molar-refractivity contribution >= 4 is 22.9 Å². The van der Waals surface area contributed by atoms with E-state index in [1.807, 2.05) is 54.3 Å². The number of hydrogen-bond acceptors (Lipinski definition) is 5. The molecule has 0 aliphatic carbocycles. The molecule has 0 N–H and O–H groups in total. The topological polar surface area (TPSA) is 51.7 Å². The van der Waals surface area contributed by atoms with Crippen LogP contribution in [0.15, 0.2) is 47.8 Å². The number of carbonyl (C=O) groups excluding carboxylic acids is 1. The van der Waals surface area contributed by atoms with Crippen LogP contribution in [0.3, 0.4) is 0 Å². The molecule has 4 rings (SSSR count). The molecule has 1 unspecified atom stereocenters. The minimum atomic E-state index is -0.494. The largest absolute Gasteiger partial charge is 0.494 e. The SMILES string of the molecule is CCCc1nc(-c2ccc3c(c2)N(CCCOc2cccc(C)c2)C(=O)C(C)O3)cs1. The summed E-state index contributed by atoms with van der Waals surface area (Å²) in [5.41, 5.74) is 3.93. The van der Waals surface area contributed by atoms with Crippen molar-refractivity contribution in [1.29, 1.82) is 0 Å². The van der Waals surface area contributed by atoms with E-state index in [4.69, 9.17) is 14.5 Å². The molecular weight excluding hydrogens is 408 g/mol. The Balaban J connectivity index is 1.49. The first-order valence-corrected chi connectivity index (χ1v) is 11.7. The van der Waals surface area contributed by atoms with Gasteiger partial charge in [0.2, 0.25) is 0 Å². The molecule has 1 aromatic heterocycles. The fourth-order valence-corrected chi connectivity index (χ4v) is 4.60. The Morgan fingerprint density at radius 2 is 2.10 bits per heavy atom. The zero-order valence-corrected chi connectivity index (χ0v) is 19.1. The predicted octanol–water partition coefficient (Wildman–Crippen LogP) is 5.65. The van der Waals surface area contributed by atoms with Gasteiger partial charge in [0.25, 0.3) is 5.91 Å². The van der Waals surface area contributed by atoms with Crippen molar-refractivity contribution in [3.63, 3.8) is 0 Å². The number of benzene rings is 2.